The molecule has 0 spiro atoms. The highest BCUT2D eigenvalue weighted by Crippen LogP contribution is 2.10. The quantitative estimate of drug-likeness (QED) is 0.677. The summed E-state index contributed by atoms with van der Waals surface area (Å²) >= 11 is 5.94. The van der Waals surface area contributed by atoms with E-state index in [4.69, 9.17) is 11.6 Å². The topological polar surface area (TPSA) is 62.6 Å². The van der Waals surface area contributed by atoms with Crippen LogP contribution in [0.3, 0.4) is 0 Å². The predicted octanol–water partition coefficient (Wildman–Crippen LogP) is 2.05. The minimum Gasteiger partial charge on any atom is -0.351 e. The Morgan fingerprint density at radius 3 is 2.38 bits per heavy atom. The van der Waals surface area contributed by atoms with Gasteiger partial charge in [-0.15, -0.1) is 0 Å². The highest BCUT2D eigenvalue weighted by molar-refractivity contribution is 6.30. The Balaban J connectivity index is 1.38. The molecule has 2 amide bonds. The van der Waals surface area contributed by atoms with Gasteiger partial charge < -0.3 is 15.5 Å². The molecular weight excluding hydrogens is 386 g/mol. The Kier molecular flexibility index (Phi) is 7.29. The molecule has 0 aromatic heterocycles. The van der Waals surface area contributed by atoms with Crippen LogP contribution in [0.5, 0.6) is 0 Å². The summed E-state index contributed by atoms with van der Waals surface area (Å²) in [5, 5.41) is 6.53. The van der Waals surface area contributed by atoms with Crippen molar-refractivity contribution in [2.45, 2.75) is 39.3 Å². The van der Waals surface area contributed by atoms with E-state index >= 15 is 0 Å². The summed E-state index contributed by atoms with van der Waals surface area (Å²) < 4.78 is 0. The zero-order chi connectivity index (χ0) is 20.8. The van der Waals surface area contributed by atoms with Gasteiger partial charge in [-0.05, 0) is 49.2 Å². The van der Waals surface area contributed by atoms with Crippen molar-refractivity contribution in [3.8, 4) is 0 Å². The molecule has 1 aliphatic rings. The fourth-order valence-corrected chi connectivity index (χ4v) is 3.79. The van der Waals surface area contributed by atoms with Gasteiger partial charge in [-0.25, -0.2) is 0 Å². The van der Waals surface area contributed by atoms with E-state index in [1.807, 2.05) is 38.1 Å². The van der Waals surface area contributed by atoms with E-state index < -0.39 is 0 Å². The van der Waals surface area contributed by atoms with Crippen LogP contribution in [0.25, 0.3) is 0 Å². The van der Waals surface area contributed by atoms with Crippen LogP contribution in [0, 0.1) is 13.8 Å². The number of aryl methyl sites for hydroxylation is 2. The Hall–Kier alpha value is -2.37. The Labute approximate surface area is 177 Å². The Morgan fingerprint density at radius 2 is 1.72 bits per heavy atom. The summed E-state index contributed by atoms with van der Waals surface area (Å²) in [6.45, 7) is 6.99. The standard InChI is InChI=1S/C23H28ClN3O2/c1-16-3-6-19(13-17(16)2)23(29)25-14-22(28)26-21-9-11-27(12-10-21)15-18-4-7-20(24)8-5-18/h3-8,13,21H,9-12,14-15H2,1-2H3,(H,25,29)(H,26,28)/p+1. The predicted molar refractivity (Wildman–Crippen MR) is 115 cm³/mol. The number of rotatable bonds is 6. The number of halogens is 1. The molecule has 1 fully saturated rings. The van der Waals surface area contributed by atoms with E-state index in [0.717, 1.165) is 48.6 Å². The first kappa shape index (κ1) is 21.3. The van der Waals surface area contributed by atoms with Crippen molar-refractivity contribution in [1.82, 2.24) is 10.6 Å². The fraction of sp³-hybridized carbons (Fsp3) is 0.391. The van der Waals surface area contributed by atoms with Crippen molar-refractivity contribution >= 4 is 23.4 Å². The Bertz CT molecular complexity index is 859. The molecule has 0 unspecified atom stereocenters. The molecule has 0 radical (unpaired) electrons. The third kappa shape index (κ3) is 6.31. The lowest BCUT2D eigenvalue weighted by Crippen LogP contribution is -3.12. The van der Waals surface area contributed by atoms with Crippen LogP contribution in [0.15, 0.2) is 42.5 Å². The first-order chi connectivity index (χ1) is 13.9. The zero-order valence-electron chi connectivity index (χ0n) is 17.1. The van der Waals surface area contributed by atoms with Crippen molar-refractivity contribution in [3.63, 3.8) is 0 Å². The number of carbonyl (C=O) groups is 2. The molecule has 0 aliphatic carbocycles. The number of nitrogens with one attached hydrogen (secondary N) is 3. The molecule has 0 atom stereocenters. The van der Waals surface area contributed by atoms with Crippen LogP contribution in [-0.4, -0.2) is 37.5 Å². The summed E-state index contributed by atoms with van der Waals surface area (Å²) in [4.78, 5) is 26.0. The number of benzene rings is 2. The SMILES string of the molecule is Cc1ccc(C(=O)NCC(=O)NC2CC[NH+](Cc3ccc(Cl)cc3)CC2)cc1C. The molecule has 0 bridgehead atoms. The zero-order valence-corrected chi connectivity index (χ0v) is 17.8. The molecule has 3 N–H and O–H groups in total. The molecule has 0 saturated carbocycles. The largest absolute Gasteiger partial charge is 0.351 e. The summed E-state index contributed by atoms with van der Waals surface area (Å²) in [5.74, 6) is -0.348. The first-order valence-electron chi connectivity index (χ1n) is 10.1. The third-order valence-electron chi connectivity index (χ3n) is 5.60. The average molecular weight is 415 g/mol. The summed E-state index contributed by atoms with van der Waals surface area (Å²) in [5.41, 5.74) is 4.07. The van der Waals surface area contributed by atoms with E-state index in [9.17, 15) is 9.59 Å². The number of likely N-dealkylation sites (tertiary alicyclic amines) is 1. The molecule has 154 valence electrons. The van der Waals surface area contributed by atoms with E-state index in [1.165, 1.54) is 10.5 Å². The van der Waals surface area contributed by atoms with Gasteiger partial charge in [-0.3, -0.25) is 9.59 Å². The van der Waals surface area contributed by atoms with Crippen LogP contribution in [-0.2, 0) is 11.3 Å². The highest BCUT2D eigenvalue weighted by atomic mass is 35.5. The lowest BCUT2D eigenvalue weighted by molar-refractivity contribution is -0.918. The van der Waals surface area contributed by atoms with E-state index in [1.54, 1.807) is 6.07 Å². The van der Waals surface area contributed by atoms with Gasteiger partial charge in [-0.2, -0.15) is 0 Å². The number of quaternary nitrogens is 1. The summed E-state index contributed by atoms with van der Waals surface area (Å²) in [6, 6.07) is 13.7. The van der Waals surface area contributed by atoms with Crippen LogP contribution < -0.4 is 15.5 Å². The van der Waals surface area contributed by atoms with Gasteiger partial charge in [0.1, 0.15) is 6.54 Å². The van der Waals surface area contributed by atoms with Gasteiger partial charge >= 0.3 is 0 Å². The fourth-order valence-electron chi connectivity index (χ4n) is 3.66. The maximum absolute atomic E-state index is 12.2. The molecular formula is C23H29ClN3O2+. The lowest BCUT2D eigenvalue weighted by Gasteiger charge is -2.29. The smallest absolute Gasteiger partial charge is 0.251 e. The van der Waals surface area contributed by atoms with Crippen molar-refractivity contribution in [1.29, 1.82) is 0 Å². The maximum Gasteiger partial charge on any atom is 0.251 e. The minimum absolute atomic E-state index is 0.00357. The highest BCUT2D eigenvalue weighted by Gasteiger charge is 2.23. The van der Waals surface area contributed by atoms with Crippen molar-refractivity contribution in [3.05, 3.63) is 69.7 Å². The maximum atomic E-state index is 12.2. The van der Waals surface area contributed by atoms with Gasteiger partial charge in [0, 0.05) is 35.0 Å². The van der Waals surface area contributed by atoms with Crippen molar-refractivity contribution in [2.24, 2.45) is 0 Å². The first-order valence-corrected chi connectivity index (χ1v) is 10.5. The van der Waals surface area contributed by atoms with Gasteiger partial charge in [-0.1, -0.05) is 29.8 Å². The number of piperidine rings is 1. The molecule has 1 aliphatic heterocycles. The van der Waals surface area contributed by atoms with Gasteiger partial charge in [0.25, 0.3) is 5.91 Å². The molecule has 2 aromatic carbocycles. The molecule has 1 saturated heterocycles. The van der Waals surface area contributed by atoms with E-state index in [0.29, 0.717) is 5.56 Å². The minimum atomic E-state index is -0.217. The summed E-state index contributed by atoms with van der Waals surface area (Å²) in [6.07, 6.45) is 1.89. The number of hydrogen-bond acceptors (Lipinski definition) is 2. The molecule has 2 aromatic rings. The molecule has 6 heteroatoms. The van der Waals surface area contributed by atoms with Crippen molar-refractivity contribution < 1.29 is 14.5 Å². The molecule has 5 nitrogen and oxygen atoms in total. The third-order valence-corrected chi connectivity index (χ3v) is 5.86. The van der Waals surface area contributed by atoms with Gasteiger partial charge in [0.05, 0.1) is 19.6 Å². The molecule has 3 rings (SSSR count). The second-order valence-electron chi connectivity index (χ2n) is 7.88. The van der Waals surface area contributed by atoms with Crippen molar-refractivity contribution in [2.75, 3.05) is 19.6 Å². The lowest BCUT2D eigenvalue weighted by atomic mass is 10.0. The second kappa shape index (κ2) is 9.90. The number of carbonyl (C=O) groups excluding carboxylic acids is 2. The van der Waals surface area contributed by atoms with E-state index in [-0.39, 0.29) is 24.4 Å². The van der Waals surface area contributed by atoms with Crippen LogP contribution in [0.2, 0.25) is 5.02 Å². The van der Waals surface area contributed by atoms with E-state index in [2.05, 4.69) is 22.8 Å². The molecule has 29 heavy (non-hydrogen) atoms. The second-order valence-corrected chi connectivity index (χ2v) is 8.31. The summed E-state index contributed by atoms with van der Waals surface area (Å²) in [7, 11) is 0. The number of amides is 2. The molecule has 1 heterocycles. The average Bonchev–Trinajstić information content (AvgIpc) is 2.71. The van der Waals surface area contributed by atoms with Gasteiger partial charge in [0.2, 0.25) is 5.91 Å². The normalized spacial score (nSPS) is 18.9. The monoisotopic (exact) mass is 414 g/mol. The Morgan fingerprint density at radius 1 is 1.03 bits per heavy atom. The van der Waals surface area contributed by atoms with Gasteiger partial charge in [0.15, 0.2) is 0 Å². The number of hydrogen-bond donors (Lipinski definition) is 3. The van der Waals surface area contributed by atoms with Crippen LogP contribution in [0.4, 0.5) is 0 Å². The van der Waals surface area contributed by atoms with Crippen LogP contribution >= 0.6 is 11.6 Å². The van der Waals surface area contributed by atoms with Crippen LogP contribution in [0.1, 0.15) is 39.9 Å².